The van der Waals surface area contributed by atoms with E-state index in [4.69, 9.17) is 0 Å². The van der Waals surface area contributed by atoms with Crippen LogP contribution in [0.15, 0.2) is 56.9 Å². The van der Waals surface area contributed by atoms with Gasteiger partial charge in [-0.25, -0.2) is 4.99 Å². The van der Waals surface area contributed by atoms with Crippen molar-refractivity contribution in [3.05, 3.63) is 46.9 Å². The highest BCUT2D eigenvalue weighted by Crippen LogP contribution is 2.40. The number of nitrogens with one attached hydrogen (secondary N) is 1. The van der Waals surface area contributed by atoms with Gasteiger partial charge in [-0.3, -0.25) is 4.99 Å². The molecule has 2 aromatic rings. The van der Waals surface area contributed by atoms with Crippen molar-refractivity contribution in [3.63, 3.8) is 0 Å². The Bertz CT molecular complexity index is 909. The summed E-state index contributed by atoms with van der Waals surface area (Å²) in [6.45, 7) is 1.39. The molecule has 0 amide bonds. The van der Waals surface area contributed by atoms with E-state index >= 15 is 0 Å². The molecule has 0 spiro atoms. The summed E-state index contributed by atoms with van der Waals surface area (Å²) in [6.07, 6.45) is -4.71. The van der Waals surface area contributed by atoms with E-state index < -0.39 is 6.36 Å². The molecule has 5 nitrogen and oxygen atoms in total. The molecule has 2 heterocycles. The number of aliphatic imine (C=N–C) groups is 2. The van der Waals surface area contributed by atoms with Gasteiger partial charge in [0.05, 0.1) is 17.9 Å². The van der Waals surface area contributed by atoms with E-state index in [1.54, 1.807) is 0 Å². The molecule has 4 rings (SSSR count). The van der Waals surface area contributed by atoms with E-state index in [2.05, 4.69) is 40.9 Å². The predicted octanol–water partition coefficient (Wildman–Crippen LogP) is 4.72. The summed E-state index contributed by atoms with van der Waals surface area (Å²) in [7, 11) is 0. The summed E-state index contributed by atoms with van der Waals surface area (Å²) in [5.74, 6) is 0.986. The van der Waals surface area contributed by atoms with Gasteiger partial charge in [-0.1, -0.05) is 6.07 Å². The van der Waals surface area contributed by atoms with Gasteiger partial charge in [-0.05, 0) is 52.3 Å². The molecule has 0 aromatic heterocycles. The molecule has 1 N–H and O–H groups in total. The third-order valence-corrected chi connectivity index (χ3v) is 4.51. The Hall–Kier alpha value is -2.55. The number of ether oxygens (including phenoxy) is 1. The largest absolute Gasteiger partial charge is 0.573 e. The molecule has 0 aliphatic carbocycles. The number of para-hydroxylation sites is 1. The standard InChI is InChI=1S/C17H12BrF3N4O/c18-12-2-1-3-13-14(12)25-9-8-22-16(25)15(24-13)23-10-4-6-11(7-5-10)26-17(19,20)21/h1-7H,8-9H2,(H,23,24). The first kappa shape index (κ1) is 16.9. The van der Waals surface area contributed by atoms with Gasteiger partial charge in [-0.2, -0.15) is 0 Å². The molecule has 0 unspecified atom stereocenters. The minimum absolute atomic E-state index is 0.275. The van der Waals surface area contributed by atoms with Crippen LogP contribution in [0.2, 0.25) is 0 Å². The number of hydrogen-bond acceptors (Lipinski definition) is 5. The molecule has 2 aromatic carbocycles. The molecule has 134 valence electrons. The summed E-state index contributed by atoms with van der Waals surface area (Å²) in [5.41, 5.74) is 2.34. The second kappa shape index (κ2) is 6.31. The van der Waals surface area contributed by atoms with Crippen LogP contribution in [-0.2, 0) is 0 Å². The Kier molecular flexibility index (Phi) is 4.10. The number of benzene rings is 2. The minimum Gasteiger partial charge on any atom is -0.406 e. The first-order valence-electron chi connectivity index (χ1n) is 7.73. The van der Waals surface area contributed by atoms with Gasteiger partial charge >= 0.3 is 6.36 Å². The van der Waals surface area contributed by atoms with Crippen LogP contribution in [0.3, 0.4) is 0 Å². The van der Waals surface area contributed by atoms with Gasteiger partial charge in [0.1, 0.15) is 5.75 Å². The molecule has 2 aliphatic rings. The molecule has 0 fully saturated rings. The van der Waals surface area contributed by atoms with Crippen LogP contribution in [0.5, 0.6) is 5.75 Å². The van der Waals surface area contributed by atoms with Crippen LogP contribution in [0.25, 0.3) is 0 Å². The summed E-state index contributed by atoms with van der Waals surface area (Å²) in [4.78, 5) is 11.2. The third-order valence-electron chi connectivity index (χ3n) is 3.87. The van der Waals surface area contributed by atoms with E-state index in [-0.39, 0.29) is 5.75 Å². The molecule has 9 heteroatoms. The smallest absolute Gasteiger partial charge is 0.406 e. The van der Waals surface area contributed by atoms with Gasteiger partial charge in [-0.15, -0.1) is 13.2 Å². The van der Waals surface area contributed by atoms with Gasteiger partial charge in [0.2, 0.25) is 0 Å². The topological polar surface area (TPSA) is 49.2 Å². The Balaban J connectivity index is 1.62. The lowest BCUT2D eigenvalue weighted by atomic mass is 10.2. The fraction of sp³-hybridized carbons (Fsp3) is 0.176. The van der Waals surface area contributed by atoms with Gasteiger partial charge < -0.3 is 15.0 Å². The fourth-order valence-electron chi connectivity index (χ4n) is 2.86. The van der Waals surface area contributed by atoms with Crippen LogP contribution < -0.4 is 15.0 Å². The second-order valence-corrected chi connectivity index (χ2v) is 6.48. The molecule has 2 aliphatic heterocycles. The van der Waals surface area contributed by atoms with Crippen LogP contribution in [0.4, 0.5) is 30.2 Å². The quantitative estimate of drug-likeness (QED) is 0.758. The van der Waals surface area contributed by atoms with Crippen LogP contribution in [0.1, 0.15) is 0 Å². The Morgan fingerprint density at radius 2 is 1.88 bits per heavy atom. The average molecular weight is 425 g/mol. The number of rotatable bonds is 2. The van der Waals surface area contributed by atoms with Crippen molar-refractivity contribution in [1.29, 1.82) is 0 Å². The highest BCUT2D eigenvalue weighted by Gasteiger charge is 2.32. The normalized spacial score (nSPS) is 15.8. The second-order valence-electron chi connectivity index (χ2n) is 5.62. The van der Waals surface area contributed by atoms with Gasteiger partial charge in [0.15, 0.2) is 11.7 Å². The monoisotopic (exact) mass is 424 g/mol. The van der Waals surface area contributed by atoms with Gasteiger partial charge in [0, 0.05) is 16.7 Å². The van der Waals surface area contributed by atoms with E-state index in [1.807, 2.05) is 18.2 Å². The summed E-state index contributed by atoms with van der Waals surface area (Å²) < 4.78 is 41.6. The highest BCUT2D eigenvalue weighted by atomic mass is 79.9. The number of fused-ring (bicyclic) bond motifs is 3. The van der Waals surface area contributed by atoms with Crippen molar-refractivity contribution in [1.82, 2.24) is 0 Å². The van der Waals surface area contributed by atoms with Crippen LogP contribution >= 0.6 is 15.9 Å². The lowest BCUT2D eigenvalue weighted by Crippen LogP contribution is -2.39. The maximum Gasteiger partial charge on any atom is 0.573 e. The number of amidine groups is 2. The van der Waals surface area contributed by atoms with Crippen molar-refractivity contribution in [2.45, 2.75) is 6.36 Å². The Morgan fingerprint density at radius 1 is 1.12 bits per heavy atom. The first-order chi connectivity index (χ1) is 12.4. The lowest BCUT2D eigenvalue weighted by Gasteiger charge is -2.28. The maximum absolute atomic E-state index is 12.3. The van der Waals surface area contributed by atoms with Crippen molar-refractivity contribution in [2.24, 2.45) is 9.98 Å². The van der Waals surface area contributed by atoms with Gasteiger partial charge in [0.25, 0.3) is 0 Å². The molecule has 0 atom stereocenters. The minimum atomic E-state index is -4.71. The molecule has 0 saturated heterocycles. The molecule has 0 bridgehead atoms. The van der Waals surface area contributed by atoms with E-state index in [9.17, 15) is 13.2 Å². The summed E-state index contributed by atoms with van der Waals surface area (Å²) in [6, 6.07) is 11.2. The molecule has 26 heavy (non-hydrogen) atoms. The zero-order chi connectivity index (χ0) is 18.3. The van der Waals surface area contributed by atoms with Crippen molar-refractivity contribution < 1.29 is 17.9 Å². The Morgan fingerprint density at radius 3 is 2.62 bits per heavy atom. The zero-order valence-electron chi connectivity index (χ0n) is 13.2. The Labute approximate surface area is 155 Å². The average Bonchev–Trinajstić information content (AvgIpc) is 3.05. The number of nitrogens with zero attached hydrogens (tertiary/aromatic N) is 3. The van der Waals surface area contributed by atoms with Crippen LogP contribution in [-0.4, -0.2) is 31.1 Å². The van der Waals surface area contributed by atoms with Crippen molar-refractivity contribution in [3.8, 4) is 5.75 Å². The zero-order valence-corrected chi connectivity index (χ0v) is 14.8. The third kappa shape index (κ3) is 3.26. The highest BCUT2D eigenvalue weighted by molar-refractivity contribution is 9.10. The van der Waals surface area contributed by atoms with E-state index in [1.165, 1.54) is 24.3 Å². The molecule has 0 saturated carbocycles. The van der Waals surface area contributed by atoms with Crippen LogP contribution in [0, 0.1) is 0 Å². The molecular formula is C17H12BrF3N4O. The lowest BCUT2D eigenvalue weighted by molar-refractivity contribution is -0.274. The van der Waals surface area contributed by atoms with Crippen molar-refractivity contribution >= 4 is 44.7 Å². The predicted molar refractivity (Wildman–Crippen MR) is 97.6 cm³/mol. The van der Waals surface area contributed by atoms with E-state index in [0.717, 1.165) is 22.4 Å². The number of alkyl halides is 3. The van der Waals surface area contributed by atoms with E-state index in [0.29, 0.717) is 23.9 Å². The number of halogens is 4. The molecular weight excluding hydrogens is 413 g/mol. The summed E-state index contributed by atoms with van der Waals surface area (Å²) >= 11 is 3.55. The fourth-order valence-corrected chi connectivity index (χ4v) is 3.43. The SMILES string of the molecule is FC(F)(F)Oc1ccc(NC2=Nc3cccc(Br)c3N3CCN=C23)cc1. The first-order valence-corrected chi connectivity index (χ1v) is 8.52. The number of anilines is 2. The maximum atomic E-state index is 12.3. The number of hydrogen-bond donors (Lipinski definition) is 1. The summed E-state index contributed by atoms with van der Waals surface area (Å²) in [5, 5.41) is 3.13. The van der Waals surface area contributed by atoms with Crippen molar-refractivity contribution in [2.75, 3.05) is 23.3 Å². The molecule has 0 radical (unpaired) electrons.